The average Bonchev–Trinajstić information content (AvgIpc) is 3.31. The van der Waals surface area contributed by atoms with Crippen molar-refractivity contribution in [3.05, 3.63) is 87.2 Å². The molecule has 0 unspecified atom stereocenters. The number of nitrogens with zero attached hydrogens (tertiary/aromatic N) is 3. The van der Waals surface area contributed by atoms with Crippen molar-refractivity contribution < 1.29 is 43.4 Å². The molecule has 6 heteroatoms. The van der Waals surface area contributed by atoms with E-state index in [4.69, 9.17) is 15.0 Å². The van der Waals surface area contributed by atoms with Gasteiger partial charge in [0, 0.05) is 0 Å². The number of halogens is 2. The summed E-state index contributed by atoms with van der Waals surface area (Å²) in [6.07, 6.45) is 45.1. The molecule has 0 bridgehead atoms. The Kier molecular flexibility index (Phi) is 19.4. The number of aromatic nitrogens is 1. The van der Waals surface area contributed by atoms with Crippen LogP contribution in [0.3, 0.4) is 0 Å². The first-order valence-electron chi connectivity index (χ1n) is 25.2. The molecule has 1 aromatic heterocycles. The normalized spacial score (nSPS) is 22.2. The first kappa shape index (κ1) is 48.5. The summed E-state index contributed by atoms with van der Waals surface area (Å²) in [7, 11) is 0. The smallest absolute Gasteiger partial charge is 1.00 e. The molecule has 0 N–H and O–H groups in total. The molecule has 6 fully saturated rings. The molecule has 3 aromatic rings. The van der Waals surface area contributed by atoms with E-state index in [1.54, 1.807) is 33.4 Å². The maximum atomic E-state index is 5.55. The van der Waals surface area contributed by atoms with Gasteiger partial charge in [-0.2, -0.15) is 0 Å². The Morgan fingerprint density at radius 3 is 0.869 bits per heavy atom. The van der Waals surface area contributed by atoms with Crippen LogP contribution in [0.2, 0.25) is 0 Å². The summed E-state index contributed by atoms with van der Waals surface area (Å²) in [5.74, 6) is 4.02. The second-order valence-corrected chi connectivity index (χ2v) is 20.1. The Bertz CT molecular complexity index is 1640. The van der Waals surface area contributed by atoms with Crippen molar-refractivity contribution >= 4 is 23.8 Å². The number of hydrogen-bond donors (Lipinski definition) is 0. The predicted molar refractivity (Wildman–Crippen MR) is 247 cm³/mol. The third-order valence-corrected chi connectivity index (χ3v) is 16.2. The maximum absolute atomic E-state index is 5.55. The van der Waals surface area contributed by atoms with E-state index in [1.165, 1.54) is 204 Å². The summed E-state index contributed by atoms with van der Waals surface area (Å²) in [5, 5.41) is 0. The van der Waals surface area contributed by atoms with Gasteiger partial charge in [0.15, 0.2) is 0 Å². The van der Waals surface area contributed by atoms with Crippen molar-refractivity contribution in [3.63, 3.8) is 0 Å². The third kappa shape index (κ3) is 12.3. The summed E-state index contributed by atoms with van der Waals surface area (Å²) in [6.45, 7) is 0. The van der Waals surface area contributed by atoms with Gasteiger partial charge in [0.25, 0.3) is 0 Å². The van der Waals surface area contributed by atoms with Crippen LogP contribution in [-0.2, 0) is 18.6 Å². The molecule has 0 saturated heterocycles. The fourth-order valence-corrected chi connectivity index (χ4v) is 12.8. The van der Waals surface area contributed by atoms with Crippen molar-refractivity contribution in [2.45, 2.75) is 228 Å². The van der Waals surface area contributed by atoms with Gasteiger partial charge in [-0.15, -0.1) is 0 Å². The topological polar surface area (TPSA) is 37.6 Å². The van der Waals surface area contributed by atoms with E-state index in [1.807, 2.05) is 0 Å². The molecule has 0 amide bonds. The van der Waals surface area contributed by atoms with Crippen molar-refractivity contribution in [1.29, 1.82) is 0 Å². The van der Waals surface area contributed by atoms with E-state index in [0.29, 0.717) is 23.7 Å². The van der Waals surface area contributed by atoms with E-state index in [9.17, 15) is 0 Å². The maximum Gasteiger partial charge on any atom is 2.00 e. The zero-order chi connectivity index (χ0) is 38.9. The Hall–Kier alpha value is -1.91. The van der Waals surface area contributed by atoms with E-state index < -0.39 is 0 Å². The van der Waals surface area contributed by atoms with Gasteiger partial charge >= 0.3 is 18.6 Å². The fraction of sp³-hybridized carbons (Fsp3) is 0.655. The van der Waals surface area contributed by atoms with E-state index in [-0.39, 0.29) is 43.4 Å². The molecule has 9 rings (SSSR count). The Morgan fingerprint density at radius 1 is 0.361 bits per heavy atom. The summed E-state index contributed by atoms with van der Waals surface area (Å²) in [5.41, 5.74) is 14.1. The second kappa shape index (κ2) is 24.4. The largest absolute Gasteiger partial charge is 2.00 e. The van der Waals surface area contributed by atoms with Crippen molar-refractivity contribution in [2.24, 2.45) is 9.98 Å². The molecule has 329 valence electrons. The quantitative estimate of drug-likeness (QED) is 0.187. The van der Waals surface area contributed by atoms with Crippen LogP contribution in [0.4, 0.5) is 11.4 Å². The van der Waals surface area contributed by atoms with Crippen LogP contribution in [-0.4, -0.2) is 17.4 Å². The van der Waals surface area contributed by atoms with Crippen molar-refractivity contribution in [1.82, 2.24) is 4.98 Å². The van der Waals surface area contributed by atoms with E-state index in [2.05, 4.69) is 54.9 Å². The van der Waals surface area contributed by atoms with Crippen LogP contribution in [0.15, 0.2) is 52.4 Å². The monoisotopic (exact) mass is 898 g/mol. The van der Waals surface area contributed by atoms with Crippen molar-refractivity contribution in [3.8, 4) is 0 Å². The minimum atomic E-state index is 0. The number of pyridine rings is 1. The van der Waals surface area contributed by atoms with Gasteiger partial charge in [0.05, 0.1) is 35.2 Å². The molecular weight excluding hydrogens is 824 g/mol. The average molecular weight is 900 g/mol. The van der Waals surface area contributed by atoms with Gasteiger partial charge in [-0.25, -0.2) is 4.98 Å². The summed E-state index contributed by atoms with van der Waals surface area (Å²) in [4.78, 5) is 16.3. The molecule has 3 nitrogen and oxygen atoms in total. The second-order valence-electron chi connectivity index (χ2n) is 20.1. The summed E-state index contributed by atoms with van der Waals surface area (Å²) < 4.78 is 0. The standard InChI is InChI=1S/C55H75N3.2ClH.V/c1-7-20-40(21-8-1)46-34-50(42-24-11-3-12-25-42)54(51(35-46)43-26-13-4-14-27-43)56-38-48-32-19-33-49(58-48)39-57-55-52(44-28-15-5-16-29-44)36-47(41-22-9-2-10-23-41)37-53(55)45-30-17-6-18-31-45;;;/h19,32-45H,1-18,20-31H2;2*1H;/q;;;+2/p-2. The molecular formula is C55H75Cl2N3V. The molecule has 1 heterocycles. The van der Waals surface area contributed by atoms with Gasteiger partial charge in [-0.1, -0.05) is 146 Å². The van der Waals surface area contributed by atoms with Crippen LogP contribution in [0.1, 0.15) is 273 Å². The van der Waals surface area contributed by atoms with Gasteiger partial charge in [-0.05, 0) is 158 Å². The van der Waals surface area contributed by atoms with Gasteiger partial charge in [0.1, 0.15) is 0 Å². The fourth-order valence-electron chi connectivity index (χ4n) is 12.8. The molecule has 1 radical (unpaired) electrons. The zero-order valence-corrected chi connectivity index (χ0v) is 40.3. The number of hydrogen-bond acceptors (Lipinski definition) is 3. The summed E-state index contributed by atoms with van der Waals surface area (Å²) in [6, 6.07) is 17.2. The molecule has 0 atom stereocenters. The van der Waals surface area contributed by atoms with Crippen LogP contribution < -0.4 is 24.8 Å². The first-order valence-corrected chi connectivity index (χ1v) is 25.2. The number of benzene rings is 2. The molecule has 6 aliphatic carbocycles. The summed E-state index contributed by atoms with van der Waals surface area (Å²) >= 11 is 0. The Morgan fingerprint density at radius 2 is 0.607 bits per heavy atom. The van der Waals surface area contributed by atoms with Crippen LogP contribution >= 0.6 is 0 Å². The number of aliphatic imine (C=N–C) groups is 2. The van der Waals surface area contributed by atoms with Crippen LogP contribution in [0, 0.1) is 0 Å². The molecule has 0 spiro atoms. The van der Waals surface area contributed by atoms with E-state index >= 15 is 0 Å². The van der Waals surface area contributed by atoms with Gasteiger partial charge in [-0.3, -0.25) is 9.98 Å². The predicted octanol–water partition coefficient (Wildman–Crippen LogP) is 10.9. The third-order valence-electron chi connectivity index (χ3n) is 16.2. The first-order chi connectivity index (χ1) is 28.8. The van der Waals surface area contributed by atoms with Gasteiger partial charge in [0.2, 0.25) is 0 Å². The molecule has 61 heavy (non-hydrogen) atoms. The minimum absolute atomic E-state index is 0. The Labute approximate surface area is 395 Å². The molecule has 0 aliphatic heterocycles. The zero-order valence-electron chi connectivity index (χ0n) is 37.4. The molecule has 2 aromatic carbocycles. The molecule has 6 saturated carbocycles. The van der Waals surface area contributed by atoms with Crippen LogP contribution in [0.5, 0.6) is 0 Å². The number of rotatable bonds is 10. The van der Waals surface area contributed by atoms with Crippen molar-refractivity contribution in [2.75, 3.05) is 0 Å². The van der Waals surface area contributed by atoms with Crippen LogP contribution in [0.25, 0.3) is 0 Å². The Balaban J connectivity index is 0.00000207. The minimum Gasteiger partial charge on any atom is -1.00 e. The SMILES string of the molecule is C(=Nc1c(C2CCCCC2)cc(C2CCCCC2)cc1C1CCCCC1)c1cccc(C=Nc2c(C3CCCCC3)cc(C3CCCCC3)cc2C2CCCCC2)n1.[Cl-].[Cl-].[V+2]. The van der Waals surface area contributed by atoms with E-state index in [0.717, 1.165) is 23.2 Å². The molecule has 6 aliphatic rings. The van der Waals surface area contributed by atoms with Gasteiger partial charge < -0.3 is 24.8 Å².